The van der Waals surface area contributed by atoms with Crippen molar-refractivity contribution in [3.63, 3.8) is 0 Å². The van der Waals surface area contributed by atoms with Gasteiger partial charge in [-0.25, -0.2) is 24.5 Å². The van der Waals surface area contributed by atoms with E-state index in [2.05, 4.69) is 19.8 Å². The number of fused-ring (bicyclic) bond motifs is 4. The molecule has 6 aliphatic rings. The third-order valence-electron chi connectivity index (χ3n) is 19.7. The van der Waals surface area contributed by atoms with Crippen LogP contribution in [0, 0.1) is 42.4 Å². The number of amides is 2. The number of piperidine rings is 1. The number of aliphatic hydroxyl groups excluding tert-OH is 1. The van der Waals surface area contributed by atoms with Crippen molar-refractivity contribution in [2.24, 2.45) is 35.5 Å². The van der Waals surface area contributed by atoms with Crippen LogP contribution in [-0.4, -0.2) is 190 Å². The zero-order chi connectivity index (χ0) is 65.8. The Hall–Kier alpha value is -6.50. The van der Waals surface area contributed by atoms with E-state index in [0.29, 0.717) is 133 Å². The predicted octanol–water partition coefficient (Wildman–Crippen LogP) is 7.18. The van der Waals surface area contributed by atoms with E-state index in [-0.39, 0.29) is 42.8 Å². The number of aliphatic hydroxyl groups is 2. The van der Waals surface area contributed by atoms with E-state index in [0.717, 1.165) is 22.4 Å². The second kappa shape index (κ2) is 31.9. The highest BCUT2D eigenvalue weighted by Gasteiger charge is 2.53. The number of ether oxygens (including phenoxy) is 6. The monoisotopic (exact) mass is 1270 g/mol. The number of piperazine rings is 1. The number of nitrogens with zero attached hydrogens (tertiary/aromatic N) is 8. The van der Waals surface area contributed by atoms with Gasteiger partial charge in [0.05, 0.1) is 30.6 Å². The molecular formula is C68H99N9O14. The van der Waals surface area contributed by atoms with Crippen LogP contribution in [0.15, 0.2) is 60.0 Å². The molecule has 2 aromatic heterocycles. The quantitative estimate of drug-likeness (QED) is 0.127. The number of nitrogens with two attached hydrogens (primary N) is 1. The molecule has 91 heavy (non-hydrogen) atoms. The summed E-state index contributed by atoms with van der Waals surface area (Å²) in [5.41, 5.74) is 9.86. The molecule has 4 fully saturated rings. The molecule has 4 N–H and O–H groups in total. The Morgan fingerprint density at radius 1 is 0.802 bits per heavy atom. The molecule has 1 aliphatic carbocycles. The molecule has 2 aromatic rings. The average Bonchev–Trinajstić information content (AvgIpc) is 0.807. The molecule has 0 unspecified atom stereocenters. The van der Waals surface area contributed by atoms with Crippen LogP contribution in [0.25, 0.3) is 0 Å². The largest absolute Gasteiger partial charge is 0.460 e. The lowest BCUT2D eigenvalue weighted by Crippen LogP contribution is -2.61. The number of allylic oxidation sites excluding steroid dienone is 6. The number of aryl methyl sites for hydroxylation is 1. The SMILES string of the molecule is CO[C@H]1C[C@@H]2CC[C@@H](C)[C@@](O)(O2)C(=O)C(=O)N2CCCC[C@H]2C(=O)O[C@H]([C@H](C)C[C@@H]2CC[C@@H](OC(=O)N3CCc4nc(N5CCN(c6ncc(C)c(N)n6)CC5)ncc4C3)[C@H](OC)C2)CC(=O)[C@H](C)/C=C(\C)[C@@H](O)[C@@H](OC)C(=O)[C@H](C)C[C@H](C)/C=C/C=C/C=C/1C. The van der Waals surface area contributed by atoms with Crippen molar-refractivity contribution in [3.05, 3.63) is 76.8 Å². The van der Waals surface area contributed by atoms with E-state index in [4.69, 9.17) is 44.1 Å². The molecule has 7 heterocycles. The van der Waals surface area contributed by atoms with Gasteiger partial charge in [0.15, 0.2) is 5.78 Å². The van der Waals surface area contributed by atoms with E-state index in [1.807, 2.05) is 65.0 Å². The summed E-state index contributed by atoms with van der Waals surface area (Å²) in [6.07, 6.45) is 13.9. The van der Waals surface area contributed by atoms with E-state index in [1.165, 1.54) is 12.0 Å². The van der Waals surface area contributed by atoms with E-state index in [1.54, 1.807) is 58.4 Å². The molecular weight excluding hydrogens is 1170 g/mol. The molecule has 23 nitrogen and oxygen atoms in total. The number of cyclic esters (lactones) is 1. The van der Waals surface area contributed by atoms with Crippen LogP contribution in [0.1, 0.15) is 142 Å². The highest BCUT2D eigenvalue weighted by Crippen LogP contribution is 2.39. The minimum absolute atomic E-state index is 0.00719. The number of methoxy groups -OCH3 is 3. The maximum absolute atomic E-state index is 14.8. The van der Waals surface area contributed by atoms with Gasteiger partial charge in [0, 0.05) is 121 Å². The smallest absolute Gasteiger partial charge is 0.410 e. The highest BCUT2D eigenvalue weighted by atomic mass is 16.6. The number of carbonyl (C=O) groups excluding carboxylic acids is 6. The van der Waals surface area contributed by atoms with Crippen LogP contribution >= 0.6 is 0 Å². The van der Waals surface area contributed by atoms with Gasteiger partial charge >= 0.3 is 12.1 Å². The van der Waals surface area contributed by atoms with Gasteiger partial charge in [0.25, 0.3) is 11.7 Å². The molecule has 2 bridgehead atoms. The summed E-state index contributed by atoms with van der Waals surface area (Å²) in [7, 11) is 4.54. The van der Waals surface area contributed by atoms with Crippen molar-refractivity contribution in [2.45, 2.75) is 200 Å². The number of anilines is 3. The maximum atomic E-state index is 14.8. The Labute approximate surface area is 536 Å². The molecule has 5 aliphatic heterocycles. The molecule has 0 aromatic carbocycles. The number of hydrogen-bond acceptors (Lipinski definition) is 21. The summed E-state index contributed by atoms with van der Waals surface area (Å²) in [5.74, 6) is -6.80. The van der Waals surface area contributed by atoms with Gasteiger partial charge in [-0.1, -0.05) is 71.1 Å². The number of esters is 1. The molecule has 0 radical (unpaired) electrons. The lowest BCUT2D eigenvalue weighted by atomic mass is 9.78. The number of Topliss-reactive ketones (excluding diaryl/α,β-unsaturated/α-hetero) is 3. The van der Waals surface area contributed by atoms with Crippen molar-refractivity contribution in [1.82, 2.24) is 29.7 Å². The molecule has 8 rings (SSSR count). The molecule has 15 atom stereocenters. The van der Waals surface area contributed by atoms with Crippen molar-refractivity contribution in [3.8, 4) is 0 Å². The fourth-order valence-electron chi connectivity index (χ4n) is 13.8. The fourth-order valence-corrected chi connectivity index (χ4v) is 13.8. The van der Waals surface area contributed by atoms with Crippen molar-refractivity contribution in [1.29, 1.82) is 0 Å². The zero-order valence-electron chi connectivity index (χ0n) is 55.3. The normalized spacial score (nSPS) is 33.9. The molecule has 2 amide bonds. The van der Waals surface area contributed by atoms with Gasteiger partial charge in [0.2, 0.25) is 17.7 Å². The first kappa shape index (κ1) is 70.4. The Kier molecular flexibility index (Phi) is 24.7. The standard InChI is InChI=1S/C68H99N9O14/c1-40-17-13-12-14-18-41(2)55(86-9)35-50-22-20-47(8)68(85,91-50)61(81)63(82)77-25-16-15-19-52(77)64(83)89-56(36-53(78)42(3)32-45(6)59(80)60(88-11)58(79)44(5)31-40)43(4)33-48-21-23-54(57(34-48)87-10)90-67(84)76-26-24-51-49(39-76)38-71-65(72-51)74-27-29-75(30-28-74)66-70-37-46(7)62(69)73-66/h12-14,17-18,32,37-38,40,42-44,47-48,50,52,54-57,59-60,80,85H,15-16,19-31,33-36,39H2,1-11H3,(H2,69,70,73)/b14-12+,17-13+,41-18+,45-32+/t40-,42-,43-,44-,47-,48+,50+,52+,54-,55+,56+,57-,59-,60+,68-/m1/s1. The van der Waals surface area contributed by atoms with Crippen molar-refractivity contribution < 1.29 is 67.4 Å². The number of rotatable bonds is 9. The summed E-state index contributed by atoms with van der Waals surface area (Å²) >= 11 is 0. The lowest BCUT2D eigenvalue weighted by molar-refractivity contribution is -0.265. The predicted molar refractivity (Wildman–Crippen MR) is 341 cm³/mol. The number of carbonyl (C=O) groups is 6. The summed E-state index contributed by atoms with van der Waals surface area (Å²) in [6.45, 7) is 18.0. The van der Waals surface area contributed by atoms with Crippen molar-refractivity contribution in [2.75, 3.05) is 76.1 Å². The zero-order valence-corrected chi connectivity index (χ0v) is 55.3. The second-order valence-corrected chi connectivity index (χ2v) is 26.5. The summed E-state index contributed by atoms with van der Waals surface area (Å²) in [4.78, 5) is 112. The summed E-state index contributed by atoms with van der Waals surface area (Å²) in [6, 6.07) is -1.20. The van der Waals surface area contributed by atoms with Crippen molar-refractivity contribution >= 4 is 53.0 Å². The number of aromatic nitrogens is 4. The first-order valence-electron chi connectivity index (χ1n) is 32.8. The van der Waals surface area contributed by atoms with Gasteiger partial charge in [0.1, 0.15) is 42.1 Å². The van der Waals surface area contributed by atoms with Crippen LogP contribution in [0.3, 0.4) is 0 Å². The summed E-state index contributed by atoms with van der Waals surface area (Å²) < 4.78 is 36.4. The first-order valence-corrected chi connectivity index (χ1v) is 32.8. The van der Waals surface area contributed by atoms with Gasteiger partial charge in [-0.05, 0) is 114 Å². The number of nitrogen functional groups attached to an aromatic ring is 1. The highest BCUT2D eigenvalue weighted by molar-refractivity contribution is 6.39. The Balaban J connectivity index is 0.956. The second-order valence-electron chi connectivity index (χ2n) is 26.5. The van der Waals surface area contributed by atoms with Crippen LogP contribution in [0.2, 0.25) is 0 Å². The van der Waals surface area contributed by atoms with Crippen LogP contribution < -0.4 is 15.5 Å². The van der Waals surface area contributed by atoms with E-state index in [9.17, 15) is 39.0 Å². The Morgan fingerprint density at radius 2 is 1.52 bits per heavy atom. The van der Waals surface area contributed by atoms with Gasteiger partial charge in [-0.2, -0.15) is 4.98 Å². The third-order valence-corrected chi connectivity index (χ3v) is 19.7. The molecule has 1 saturated carbocycles. The topological polar surface area (TPSA) is 289 Å². The van der Waals surface area contributed by atoms with E-state index < -0.39 is 102 Å². The number of hydrogen-bond donors (Lipinski definition) is 3. The van der Waals surface area contributed by atoms with Crippen LogP contribution in [0.4, 0.5) is 22.5 Å². The molecule has 500 valence electrons. The fraction of sp³-hybridized carbons (Fsp3) is 0.676. The van der Waals surface area contributed by atoms with E-state index >= 15 is 0 Å². The summed E-state index contributed by atoms with van der Waals surface area (Å²) in [5, 5.41) is 23.8. The molecule has 3 saturated heterocycles. The maximum Gasteiger partial charge on any atom is 0.410 e. The molecule has 0 spiro atoms. The third kappa shape index (κ3) is 17.4. The Bertz CT molecular complexity index is 3020. The van der Waals surface area contributed by atoms with Crippen LogP contribution in [0.5, 0.6) is 0 Å². The lowest BCUT2D eigenvalue weighted by Gasteiger charge is -2.42. The average molecular weight is 1270 g/mol. The van der Waals surface area contributed by atoms with Gasteiger partial charge < -0.3 is 64.0 Å². The van der Waals surface area contributed by atoms with Crippen LogP contribution in [-0.2, 0) is 65.4 Å². The Morgan fingerprint density at radius 3 is 2.21 bits per heavy atom. The number of ketones is 3. The first-order chi connectivity index (χ1) is 43.4. The minimum atomic E-state index is -2.47. The van der Waals surface area contributed by atoms with Gasteiger partial charge in [-0.15, -0.1) is 0 Å². The minimum Gasteiger partial charge on any atom is -0.460 e. The molecule has 23 heteroatoms. The van der Waals surface area contributed by atoms with Gasteiger partial charge in [-0.3, -0.25) is 19.2 Å².